The molecule has 2 rings (SSSR count). The lowest BCUT2D eigenvalue weighted by Crippen LogP contribution is -2.63. The van der Waals surface area contributed by atoms with Gasteiger partial charge in [-0.15, -0.1) is 0 Å². The van der Waals surface area contributed by atoms with Crippen LogP contribution in [0, 0.1) is 0 Å². The molecule has 2 aliphatic heterocycles. The van der Waals surface area contributed by atoms with E-state index in [1.54, 1.807) is 19.9 Å². The van der Waals surface area contributed by atoms with Crippen molar-refractivity contribution >= 4 is 11.9 Å². The number of esters is 2. The molecule has 0 aromatic rings. The van der Waals surface area contributed by atoms with Crippen molar-refractivity contribution in [3.05, 3.63) is 23.3 Å². The number of nitrogens with zero attached hydrogens (tertiary/aromatic N) is 1. The molecule has 2 heterocycles. The van der Waals surface area contributed by atoms with Crippen LogP contribution in [0.1, 0.15) is 41.0 Å². The summed E-state index contributed by atoms with van der Waals surface area (Å²) in [6.45, 7) is 9.03. The van der Waals surface area contributed by atoms with Crippen LogP contribution in [0.25, 0.3) is 0 Å². The highest BCUT2D eigenvalue weighted by Crippen LogP contribution is 2.33. The van der Waals surface area contributed by atoms with Crippen molar-refractivity contribution in [1.29, 1.82) is 0 Å². The number of aliphatic hydroxyl groups is 2. The number of hydrogen-bond donors (Lipinski definition) is 2. The van der Waals surface area contributed by atoms with Gasteiger partial charge in [-0.05, 0) is 46.6 Å². The molecule has 0 amide bonds. The number of rotatable bonds is 8. The summed E-state index contributed by atoms with van der Waals surface area (Å²) in [5.74, 6) is -1.32. The third-order valence-electron chi connectivity index (χ3n) is 5.98. The number of hydrogen-bond acceptors (Lipinski definition) is 8. The second-order valence-electron chi connectivity index (χ2n) is 8.20. The van der Waals surface area contributed by atoms with Crippen molar-refractivity contribution in [1.82, 2.24) is 4.90 Å². The molecule has 0 aliphatic carbocycles. The Labute approximate surface area is 172 Å². The van der Waals surface area contributed by atoms with Crippen molar-refractivity contribution in [3.63, 3.8) is 0 Å². The fraction of sp³-hybridized carbons (Fsp3) is 0.714. The lowest BCUT2D eigenvalue weighted by atomic mass is 9.81. The molecule has 0 aromatic heterocycles. The zero-order valence-corrected chi connectivity index (χ0v) is 18.1. The minimum Gasteiger partial charge on any atom is -0.459 e. The van der Waals surface area contributed by atoms with Crippen molar-refractivity contribution in [2.45, 2.75) is 70.5 Å². The monoisotopic (exact) mass is 411 g/mol. The Morgan fingerprint density at radius 2 is 2.03 bits per heavy atom. The number of allylic oxidation sites excluding steroid dienone is 1. The minimum atomic E-state index is -2.23. The fourth-order valence-corrected chi connectivity index (χ4v) is 3.82. The molecular weight excluding hydrogens is 378 g/mol. The molecule has 2 N–H and O–H groups in total. The molecule has 0 bridgehead atoms. The summed E-state index contributed by atoms with van der Waals surface area (Å²) in [6.07, 6.45) is 3.05. The summed E-state index contributed by atoms with van der Waals surface area (Å²) in [6, 6.07) is -0.161. The molecule has 0 aromatic carbocycles. The van der Waals surface area contributed by atoms with E-state index in [1.807, 2.05) is 6.08 Å². The average molecular weight is 411 g/mol. The van der Waals surface area contributed by atoms with E-state index in [-0.39, 0.29) is 24.7 Å². The number of carbonyl (C=O) groups is 2. The second kappa shape index (κ2) is 8.95. The molecule has 1 unspecified atom stereocenters. The van der Waals surface area contributed by atoms with Gasteiger partial charge < -0.3 is 24.4 Å². The van der Waals surface area contributed by atoms with Gasteiger partial charge in [0, 0.05) is 25.8 Å². The van der Waals surface area contributed by atoms with E-state index in [1.165, 1.54) is 27.9 Å². The standard InChI is InChI=1S/C21H33NO7/c1-7-13(2)18(23)29-16-9-11-22-10-8-15(17(16)22)12-28-19(24)21(26,14(3)27-6)20(4,5)25/h7-8,14,16-17,25-26H,9-12H2,1-6H3/b13-7-/t14?,16-,17+,21-/m0/s1. The lowest BCUT2D eigenvalue weighted by Gasteiger charge is -2.40. The summed E-state index contributed by atoms with van der Waals surface area (Å²) in [4.78, 5) is 27.0. The van der Waals surface area contributed by atoms with E-state index >= 15 is 0 Å². The van der Waals surface area contributed by atoms with Crippen LogP contribution >= 0.6 is 0 Å². The van der Waals surface area contributed by atoms with E-state index in [4.69, 9.17) is 14.2 Å². The predicted molar refractivity (Wildman–Crippen MR) is 106 cm³/mol. The second-order valence-corrected chi connectivity index (χ2v) is 8.20. The first-order valence-electron chi connectivity index (χ1n) is 9.89. The highest BCUT2D eigenvalue weighted by atomic mass is 16.6. The van der Waals surface area contributed by atoms with E-state index in [2.05, 4.69) is 4.90 Å². The van der Waals surface area contributed by atoms with Gasteiger partial charge in [-0.2, -0.15) is 0 Å². The molecule has 0 spiro atoms. The third-order valence-corrected chi connectivity index (χ3v) is 5.98. The summed E-state index contributed by atoms with van der Waals surface area (Å²) in [7, 11) is 1.34. The van der Waals surface area contributed by atoms with Crippen LogP contribution < -0.4 is 0 Å². The van der Waals surface area contributed by atoms with Gasteiger partial charge >= 0.3 is 11.9 Å². The molecule has 0 saturated carbocycles. The fourth-order valence-electron chi connectivity index (χ4n) is 3.82. The van der Waals surface area contributed by atoms with Gasteiger partial charge in [0.25, 0.3) is 0 Å². The van der Waals surface area contributed by atoms with E-state index in [0.717, 1.165) is 12.1 Å². The average Bonchev–Trinajstić information content (AvgIpc) is 3.26. The zero-order chi connectivity index (χ0) is 22.0. The molecule has 164 valence electrons. The van der Waals surface area contributed by atoms with E-state index < -0.39 is 23.3 Å². The van der Waals surface area contributed by atoms with Gasteiger partial charge in [0.05, 0.1) is 12.1 Å². The van der Waals surface area contributed by atoms with Crippen LogP contribution in [0.3, 0.4) is 0 Å². The van der Waals surface area contributed by atoms with E-state index in [9.17, 15) is 19.8 Å². The predicted octanol–water partition coefficient (Wildman–Crippen LogP) is 0.959. The Hall–Kier alpha value is -1.74. The van der Waals surface area contributed by atoms with E-state index in [0.29, 0.717) is 18.5 Å². The topological polar surface area (TPSA) is 106 Å². The normalized spacial score (nSPS) is 25.8. The van der Waals surface area contributed by atoms with Crippen LogP contribution in [-0.2, 0) is 23.8 Å². The van der Waals surface area contributed by atoms with Crippen molar-refractivity contribution < 1.29 is 34.0 Å². The highest BCUT2D eigenvalue weighted by molar-refractivity contribution is 5.87. The molecule has 8 nitrogen and oxygen atoms in total. The molecule has 1 saturated heterocycles. The van der Waals surface area contributed by atoms with Gasteiger partial charge in [-0.1, -0.05) is 12.2 Å². The smallest absolute Gasteiger partial charge is 0.344 e. The Bertz CT molecular complexity index is 694. The van der Waals surface area contributed by atoms with Crippen molar-refractivity contribution in [2.24, 2.45) is 0 Å². The number of ether oxygens (including phenoxy) is 3. The Balaban J connectivity index is 2.08. The summed E-state index contributed by atoms with van der Waals surface area (Å²) in [5.41, 5.74) is -2.65. The van der Waals surface area contributed by atoms with Crippen LogP contribution in [0.2, 0.25) is 0 Å². The molecule has 0 radical (unpaired) electrons. The summed E-state index contributed by atoms with van der Waals surface area (Å²) in [5, 5.41) is 21.2. The number of carbonyl (C=O) groups excluding carboxylic acids is 2. The number of fused-ring (bicyclic) bond motifs is 1. The van der Waals surface area contributed by atoms with Gasteiger partial charge in [-0.3, -0.25) is 4.90 Å². The zero-order valence-electron chi connectivity index (χ0n) is 18.1. The minimum absolute atomic E-state index is 0.0640. The Morgan fingerprint density at radius 1 is 1.38 bits per heavy atom. The molecule has 2 aliphatic rings. The van der Waals surface area contributed by atoms with Crippen molar-refractivity contribution in [3.8, 4) is 0 Å². The first-order chi connectivity index (χ1) is 13.5. The van der Waals surface area contributed by atoms with Gasteiger partial charge in [0.1, 0.15) is 18.3 Å². The largest absolute Gasteiger partial charge is 0.459 e. The Kier molecular flexibility index (Phi) is 7.27. The van der Waals surface area contributed by atoms with Crippen LogP contribution in [0.4, 0.5) is 0 Å². The first-order valence-corrected chi connectivity index (χ1v) is 9.89. The quantitative estimate of drug-likeness (QED) is 0.346. The van der Waals surface area contributed by atoms with Gasteiger partial charge in [0.15, 0.2) is 0 Å². The third kappa shape index (κ3) is 4.55. The highest BCUT2D eigenvalue weighted by Gasteiger charge is 2.55. The molecule has 29 heavy (non-hydrogen) atoms. The summed E-state index contributed by atoms with van der Waals surface area (Å²) < 4.78 is 16.1. The summed E-state index contributed by atoms with van der Waals surface area (Å²) >= 11 is 0. The maximum atomic E-state index is 12.7. The Morgan fingerprint density at radius 3 is 2.59 bits per heavy atom. The van der Waals surface area contributed by atoms with Gasteiger partial charge in [-0.25, -0.2) is 9.59 Å². The lowest BCUT2D eigenvalue weighted by molar-refractivity contribution is -0.216. The molecule has 4 atom stereocenters. The maximum Gasteiger partial charge on any atom is 0.344 e. The number of methoxy groups -OCH3 is 1. The van der Waals surface area contributed by atoms with Crippen LogP contribution in [0.5, 0.6) is 0 Å². The van der Waals surface area contributed by atoms with Crippen LogP contribution in [-0.4, -0.2) is 83.3 Å². The molecular formula is C21H33NO7. The molecule has 8 heteroatoms. The maximum absolute atomic E-state index is 12.7. The van der Waals surface area contributed by atoms with Crippen molar-refractivity contribution in [2.75, 3.05) is 26.8 Å². The SMILES string of the molecule is C/C=C(/C)C(=O)O[C@H]1CCN2CC=C(COC(=O)[C@@](O)(C(C)OC)C(C)(C)O)[C@H]12. The van der Waals surface area contributed by atoms with Crippen LogP contribution in [0.15, 0.2) is 23.3 Å². The first kappa shape index (κ1) is 23.5. The van der Waals surface area contributed by atoms with Gasteiger partial charge in [0.2, 0.25) is 5.60 Å². The molecule has 1 fully saturated rings.